The topological polar surface area (TPSA) is 70.5 Å². The lowest BCUT2D eigenvalue weighted by Crippen LogP contribution is -2.49. The first-order valence-corrected chi connectivity index (χ1v) is 12.7. The highest BCUT2D eigenvalue weighted by Gasteiger charge is 2.45. The normalized spacial score (nSPS) is 14.9. The smallest absolute Gasteiger partial charge is 0.319 e. The minimum atomic E-state index is -0.506. The summed E-state index contributed by atoms with van der Waals surface area (Å²) in [6, 6.07) is 18.0. The molecule has 0 bridgehead atoms. The number of amides is 2. The molecule has 2 aromatic carbocycles. The fourth-order valence-corrected chi connectivity index (χ4v) is 5.26. The third kappa shape index (κ3) is 5.67. The highest BCUT2D eigenvalue weighted by Crippen LogP contribution is 2.40. The summed E-state index contributed by atoms with van der Waals surface area (Å²) in [5.41, 5.74) is 5.81. The van der Waals surface area contributed by atoms with Crippen LogP contribution < -0.4 is 5.32 Å². The van der Waals surface area contributed by atoms with Crippen molar-refractivity contribution in [2.45, 2.75) is 44.8 Å². The zero-order valence-corrected chi connectivity index (χ0v) is 22.5. The van der Waals surface area contributed by atoms with Crippen molar-refractivity contribution in [2.75, 3.05) is 20.6 Å². The van der Waals surface area contributed by atoms with E-state index in [0.717, 1.165) is 33.6 Å². The van der Waals surface area contributed by atoms with E-state index in [0.29, 0.717) is 25.9 Å². The Morgan fingerprint density at radius 2 is 1.76 bits per heavy atom. The van der Waals surface area contributed by atoms with Crippen molar-refractivity contribution in [3.05, 3.63) is 101 Å². The molecule has 4 rings (SSSR count). The summed E-state index contributed by atoms with van der Waals surface area (Å²) in [7, 11) is 5.98. The monoisotopic (exact) mass is 499 g/mol. The second kappa shape index (κ2) is 10.7. The molecule has 194 valence electrons. The molecule has 0 aliphatic carbocycles. The van der Waals surface area contributed by atoms with Crippen molar-refractivity contribution in [2.24, 2.45) is 7.05 Å². The molecule has 2 heterocycles. The van der Waals surface area contributed by atoms with Crippen molar-refractivity contribution >= 4 is 11.8 Å². The van der Waals surface area contributed by atoms with Gasteiger partial charge >= 0.3 is 6.03 Å². The Hall–Kier alpha value is -3.71. The largest absolute Gasteiger partial charge is 0.330 e. The average Bonchev–Trinajstić information content (AvgIpc) is 3.33. The maximum absolute atomic E-state index is 13.7. The number of carbonyl (C=O) groups excluding carboxylic acids is 2. The van der Waals surface area contributed by atoms with Crippen LogP contribution in [0.2, 0.25) is 0 Å². The van der Waals surface area contributed by atoms with Gasteiger partial charge in [0.1, 0.15) is 0 Å². The summed E-state index contributed by atoms with van der Waals surface area (Å²) < 4.78 is 1.92. The van der Waals surface area contributed by atoms with E-state index in [1.165, 1.54) is 6.08 Å². The molecule has 0 spiro atoms. The van der Waals surface area contributed by atoms with Crippen LogP contribution in [0.4, 0.5) is 4.79 Å². The summed E-state index contributed by atoms with van der Waals surface area (Å²) >= 11 is 0. The molecule has 1 aliphatic heterocycles. The number of fused-ring (bicyclic) bond motifs is 1. The number of aryl methyl sites for hydroxylation is 1. The summed E-state index contributed by atoms with van der Waals surface area (Å²) in [6.07, 6.45) is 2.38. The molecule has 37 heavy (non-hydrogen) atoms. The van der Waals surface area contributed by atoms with Crippen LogP contribution in [0.5, 0.6) is 0 Å². The predicted molar refractivity (Wildman–Crippen MR) is 146 cm³/mol. The van der Waals surface area contributed by atoms with Crippen molar-refractivity contribution in [1.82, 2.24) is 24.9 Å². The quantitative estimate of drug-likeness (QED) is 0.444. The van der Waals surface area contributed by atoms with Gasteiger partial charge in [-0.25, -0.2) is 4.79 Å². The van der Waals surface area contributed by atoms with E-state index < -0.39 is 5.54 Å². The first kappa shape index (κ1) is 26.4. The van der Waals surface area contributed by atoms with Crippen molar-refractivity contribution in [3.63, 3.8) is 0 Å². The predicted octanol–water partition coefficient (Wildman–Crippen LogP) is 4.37. The highest BCUT2D eigenvalue weighted by atomic mass is 16.2. The lowest BCUT2D eigenvalue weighted by atomic mass is 9.98. The number of likely N-dealkylation sites (N-methyl/N-ethyl adjacent to an activating group) is 1. The van der Waals surface area contributed by atoms with E-state index >= 15 is 0 Å². The van der Waals surface area contributed by atoms with Crippen LogP contribution in [-0.2, 0) is 36.8 Å². The molecule has 2 amide bonds. The van der Waals surface area contributed by atoms with Gasteiger partial charge in [0.05, 0.1) is 29.5 Å². The summed E-state index contributed by atoms with van der Waals surface area (Å²) in [5, 5.41) is 8.12. The molecule has 0 saturated carbocycles. The van der Waals surface area contributed by atoms with Crippen LogP contribution in [0.3, 0.4) is 0 Å². The van der Waals surface area contributed by atoms with E-state index in [2.05, 4.69) is 42.8 Å². The SMILES string of the molecule is C=CC(=O)Cc1ccc(Cc2nn(C)c3c2CN(C(=O)NC(CN(C)C)c2ccccc2)C3(C)C)cc1. The van der Waals surface area contributed by atoms with Crippen LogP contribution in [0.1, 0.15) is 53.5 Å². The lowest BCUT2D eigenvalue weighted by Gasteiger charge is -2.34. The van der Waals surface area contributed by atoms with Gasteiger partial charge in [0.15, 0.2) is 5.78 Å². The second-order valence-corrected chi connectivity index (χ2v) is 10.6. The van der Waals surface area contributed by atoms with Gasteiger partial charge in [-0.1, -0.05) is 61.2 Å². The molecule has 7 heteroatoms. The minimum absolute atomic E-state index is 0.0102. The number of urea groups is 1. The second-order valence-electron chi connectivity index (χ2n) is 10.6. The number of rotatable bonds is 9. The van der Waals surface area contributed by atoms with Gasteiger partial charge in [0, 0.05) is 32.0 Å². The Bertz CT molecular complexity index is 1280. The van der Waals surface area contributed by atoms with E-state index in [4.69, 9.17) is 5.10 Å². The Kier molecular flexibility index (Phi) is 7.64. The Balaban J connectivity index is 1.53. The van der Waals surface area contributed by atoms with E-state index in [1.54, 1.807) is 0 Å². The fraction of sp³-hybridized carbons (Fsp3) is 0.367. The number of carbonyl (C=O) groups is 2. The van der Waals surface area contributed by atoms with Crippen molar-refractivity contribution in [3.8, 4) is 0 Å². The maximum Gasteiger partial charge on any atom is 0.319 e. The molecular formula is C30H37N5O2. The number of benzene rings is 2. The molecular weight excluding hydrogens is 462 g/mol. The van der Waals surface area contributed by atoms with Gasteiger partial charge in [-0.3, -0.25) is 9.48 Å². The van der Waals surface area contributed by atoms with Crippen LogP contribution in [0.15, 0.2) is 67.3 Å². The van der Waals surface area contributed by atoms with Crippen LogP contribution >= 0.6 is 0 Å². The third-order valence-corrected chi connectivity index (χ3v) is 7.09. The number of aromatic nitrogens is 2. The zero-order chi connectivity index (χ0) is 26.7. The van der Waals surface area contributed by atoms with Gasteiger partial charge in [0.2, 0.25) is 0 Å². The summed E-state index contributed by atoms with van der Waals surface area (Å²) in [4.78, 5) is 29.3. The molecule has 1 N–H and O–H groups in total. The molecule has 0 radical (unpaired) electrons. The van der Waals surface area contributed by atoms with Gasteiger partial charge in [0.25, 0.3) is 0 Å². The molecule has 1 unspecified atom stereocenters. The number of hydrogen-bond donors (Lipinski definition) is 1. The number of nitrogens with one attached hydrogen (secondary N) is 1. The third-order valence-electron chi connectivity index (χ3n) is 7.09. The maximum atomic E-state index is 13.7. The average molecular weight is 500 g/mol. The Morgan fingerprint density at radius 3 is 2.38 bits per heavy atom. The van der Waals surface area contributed by atoms with Gasteiger partial charge in [-0.15, -0.1) is 0 Å². The molecule has 0 fully saturated rings. The lowest BCUT2D eigenvalue weighted by molar-refractivity contribution is -0.114. The minimum Gasteiger partial charge on any atom is -0.330 e. The molecule has 0 saturated heterocycles. The van der Waals surface area contributed by atoms with E-state index in [9.17, 15) is 9.59 Å². The highest BCUT2D eigenvalue weighted by molar-refractivity contribution is 5.90. The van der Waals surface area contributed by atoms with Crippen LogP contribution in [0.25, 0.3) is 0 Å². The molecule has 1 atom stereocenters. The Labute approximate surface area is 219 Å². The molecule has 3 aromatic rings. The van der Waals surface area contributed by atoms with E-state index in [1.807, 2.05) is 73.2 Å². The number of nitrogens with zero attached hydrogens (tertiary/aromatic N) is 4. The first-order valence-electron chi connectivity index (χ1n) is 12.7. The van der Waals surface area contributed by atoms with Crippen molar-refractivity contribution < 1.29 is 9.59 Å². The zero-order valence-electron chi connectivity index (χ0n) is 22.5. The molecule has 1 aliphatic rings. The summed E-state index contributed by atoms with van der Waals surface area (Å²) in [5.74, 6) is 0.0102. The van der Waals surface area contributed by atoms with Crippen molar-refractivity contribution in [1.29, 1.82) is 0 Å². The van der Waals surface area contributed by atoms with E-state index in [-0.39, 0.29) is 17.9 Å². The Morgan fingerprint density at radius 1 is 1.11 bits per heavy atom. The van der Waals surface area contributed by atoms with Crippen LogP contribution in [-0.4, -0.2) is 52.0 Å². The standard InChI is InChI=1S/C30H37N5O2/c1-7-24(36)17-21-13-15-22(16-14-21)18-26-25-19-35(30(2,3)28(25)34(6)32-26)29(37)31-27(20-33(4)5)23-11-9-8-10-12-23/h7-16,27H,1,17-20H2,2-6H3,(H,31,37). The first-order chi connectivity index (χ1) is 17.6. The number of hydrogen-bond acceptors (Lipinski definition) is 4. The number of ketones is 1. The molecule has 7 nitrogen and oxygen atoms in total. The van der Waals surface area contributed by atoms with Gasteiger partial charge < -0.3 is 15.1 Å². The number of allylic oxidation sites excluding steroid dienone is 1. The van der Waals surface area contributed by atoms with Gasteiger partial charge in [-0.2, -0.15) is 5.10 Å². The summed E-state index contributed by atoms with van der Waals surface area (Å²) in [6.45, 7) is 8.92. The fourth-order valence-electron chi connectivity index (χ4n) is 5.26. The van der Waals surface area contributed by atoms with Gasteiger partial charge in [-0.05, 0) is 50.7 Å². The van der Waals surface area contributed by atoms with Crippen LogP contribution in [0, 0.1) is 0 Å². The molecule has 1 aromatic heterocycles.